The molecule has 3 heterocycles. The van der Waals surface area contributed by atoms with Gasteiger partial charge in [-0.15, -0.1) is 11.3 Å². The molecule has 78 valence electrons. The van der Waals surface area contributed by atoms with Crippen molar-refractivity contribution in [2.24, 2.45) is 0 Å². The number of fused-ring (bicyclic) bond motifs is 1. The Balaban J connectivity index is 2.07. The van der Waals surface area contributed by atoms with E-state index < -0.39 is 0 Å². The first-order chi connectivity index (χ1) is 7.36. The van der Waals surface area contributed by atoms with E-state index in [0.29, 0.717) is 6.04 Å². The highest BCUT2D eigenvalue weighted by Gasteiger charge is 2.24. The molecule has 2 aromatic rings. The zero-order chi connectivity index (χ0) is 10.3. The van der Waals surface area contributed by atoms with Crippen LogP contribution in [-0.4, -0.2) is 16.3 Å². The van der Waals surface area contributed by atoms with Crippen LogP contribution in [0, 0.1) is 0 Å². The molecule has 0 radical (unpaired) electrons. The lowest BCUT2D eigenvalue weighted by Gasteiger charge is -2.25. The van der Waals surface area contributed by atoms with Crippen LogP contribution >= 0.6 is 27.3 Å². The van der Waals surface area contributed by atoms with Crippen LogP contribution in [0.1, 0.15) is 17.3 Å². The molecule has 0 spiro atoms. The van der Waals surface area contributed by atoms with Crippen molar-refractivity contribution in [3.05, 3.63) is 33.1 Å². The van der Waals surface area contributed by atoms with Crippen LogP contribution < -0.4 is 5.32 Å². The zero-order valence-corrected chi connectivity index (χ0v) is 10.4. The molecule has 3 rings (SSSR count). The van der Waals surface area contributed by atoms with Crippen molar-refractivity contribution in [3.8, 4) is 0 Å². The van der Waals surface area contributed by atoms with E-state index in [0.717, 1.165) is 23.3 Å². The lowest BCUT2D eigenvalue weighted by molar-refractivity contribution is 0.488. The molecule has 0 amide bonds. The Hall–Kier alpha value is -0.810. The van der Waals surface area contributed by atoms with Gasteiger partial charge in [-0.25, -0.2) is 4.68 Å². The van der Waals surface area contributed by atoms with Crippen LogP contribution in [-0.2, 0) is 0 Å². The molecule has 1 unspecified atom stereocenters. The van der Waals surface area contributed by atoms with Crippen LogP contribution in [0.2, 0.25) is 0 Å². The molecule has 0 aliphatic carbocycles. The van der Waals surface area contributed by atoms with Gasteiger partial charge in [-0.05, 0) is 33.8 Å². The van der Waals surface area contributed by atoms with E-state index in [-0.39, 0.29) is 0 Å². The van der Waals surface area contributed by atoms with Gasteiger partial charge in [0.25, 0.3) is 0 Å². The summed E-state index contributed by atoms with van der Waals surface area (Å²) in [4.78, 5) is 1.38. The first-order valence-electron chi connectivity index (χ1n) is 4.86. The average molecular weight is 284 g/mol. The Bertz CT molecular complexity index is 463. The minimum Gasteiger partial charge on any atom is -0.369 e. The summed E-state index contributed by atoms with van der Waals surface area (Å²) in [6.07, 6.45) is 2.95. The second kappa shape index (κ2) is 3.64. The van der Waals surface area contributed by atoms with Gasteiger partial charge in [0, 0.05) is 11.4 Å². The van der Waals surface area contributed by atoms with E-state index in [4.69, 9.17) is 0 Å². The van der Waals surface area contributed by atoms with Crippen LogP contribution in [0.15, 0.2) is 28.2 Å². The Morgan fingerprint density at radius 1 is 1.60 bits per heavy atom. The molecule has 0 bridgehead atoms. The molecule has 0 aromatic carbocycles. The topological polar surface area (TPSA) is 29.9 Å². The van der Waals surface area contributed by atoms with E-state index in [2.05, 4.69) is 48.5 Å². The highest BCUT2D eigenvalue weighted by Crippen LogP contribution is 2.35. The number of thiophene rings is 1. The van der Waals surface area contributed by atoms with E-state index in [1.54, 1.807) is 11.3 Å². The van der Waals surface area contributed by atoms with Crippen LogP contribution in [0.3, 0.4) is 0 Å². The third-order valence-electron chi connectivity index (χ3n) is 2.63. The highest BCUT2D eigenvalue weighted by atomic mass is 79.9. The van der Waals surface area contributed by atoms with Gasteiger partial charge in [0.1, 0.15) is 5.82 Å². The molecule has 1 atom stereocenters. The van der Waals surface area contributed by atoms with E-state index in [9.17, 15) is 0 Å². The highest BCUT2D eigenvalue weighted by molar-refractivity contribution is 9.10. The fourth-order valence-electron chi connectivity index (χ4n) is 1.94. The monoisotopic (exact) mass is 283 g/mol. The quantitative estimate of drug-likeness (QED) is 0.872. The van der Waals surface area contributed by atoms with E-state index in [1.807, 2.05) is 6.20 Å². The third kappa shape index (κ3) is 1.50. The maximum atomic E-state index is 4.41. The molecular formula is C10H10BrN3S. The fourth-order valence-corrected chi connectivity index (χ4v) is 3.20. The zero-order valence-electron chi connectivity index (χ0n) is 7.98. The van der Waals surface area contributed by atoms with Crippen molar-refractivity contribution in [1.82, 2.24) is 9.78 Å². The molecule has 2 aromatic heterocycles. The number of nitrogens with zero attached hydrogens (tertiary/aromatic N) is 2. The second-order valence-electron chi connectivity index (χ2n) is 3.53. The van der Waals surface area contributed by atoms with Crippen LogP contribution in [0.5, 0.6) is 0 Å². The largest absolute Gasteiger partial charge is 0.369 e. The molecule has 5 heteroatoms. The molecule has 0 saturated carbocycles. The summed E-state index contributed by atoms with van der Waals surface area (Å²) in [5.74, 6) is 1.10. The summed E-state index contributed by atoms with van der Waals surface area (Å²) in [7, 11) is 0. The summed E-state index contributed by atoms with van der Waals surface area (Å²) < 4.78 is 3.11. The third-order valence-corrected chi connectivity index (χ3v) is 4.18. The molecule has 1 aliphatic rings. The first-order valence-corrected chi connectivity index (χ1v) is 6.54. The SMILES string of the molecule is Brc1cnn2c1NCCC2c1cccs1. The van der Waals surface area contributed by atoms with Gasteiger partial charge >= 0.3 is 0 Å². The number of nitrogens with one attached hydrogen (secondary N) is 1. The van der Waals surface area contributed by atoms with Gasteiger partial charge in [0.15, 0.2) is 0 Å². The van der Waals surface area contributed by atoms with Gasteiger partial charge in [0.05, 0.1) is 16.7 Å². The fraction of sp³-hybridized carbons (Fsp3) is 0.300. The van der Waals surface area contributed by atoms with Crippen molar-refractivity contribution in [2.75, 3.05) is 11.9 Å². The van der Waals surface area contributed by atoms with Crippen molar-refractivity contribution in [1.29, 1.82) is 0 Å². The van der Waals surface area contributed by atoms with Gasteiger partial charge in [-0.1, -0.05) is 6.07 Å². The van der Waals surface area contributed by atoms with Crippen molar-refractivity contribution >= 4 is 33.1 Å². The molecule has 3 nitrogen and oxygen atoms in total. The summed E-state index contributed by atoms with van der Waals surface area (Å²) in [6.45, 7) is 1.01. The van der Waals surface area contributed by atoms with Crippen LogP contribution in [0.4, 0.5) is 5.82 Å². The molecule has 1 aliphatic heterocycles. The maximum Gasteiger partial charge on any atom is 0.139 e. The second-order valence-corrected chi connectivity index (χ2v) is 5.37. The first kappa shape index (κ1) is 9.42. The summed E-state index contributed by atoms with van der Waals surface area (Å²) >= 11 is 5.30. The number of halogens is 1. The number of anilines is 1. The molecular weight excluding hydrogens is 274 g/mol. The van der Waals surface area contributed by atoms with E-state index in [1.165, 1.54) is 4.88 Å². The van der Waals surface area contributed by atoms with E-state index >= 15 is 0 Å². The molecule has 0 fully saturated rings. The van der Waals surface area contributed by atoms with Gasteiger partial charge in [-0.2, -0.15) is 5.10 Å². The van der Waals surface area contributed by atoms with Gasteiger partial charge in [-0.3, -0.25) is 0 Å². The molecule has 15 heavy (non-hydrogen) atoms. The number of rotatable bonds is 1. The summed E-state index contributed by atoms with van der Waals surface area (Å²) in [6, 6.07) is 4.67. The number of aromatic nitrogens is 2. The summed E-state index contributed by atoms with van der Waals surface area (Å²) in [5.41, 5.74) is 0. The van der Waals surface area contributed by atoms with Gasteiger partial charge < -0.3 is 5.32 Å². The molecule has 0 saturated heterocycles. The maximum absolute atomic E-state index is 4.41. The average Bonchev–Trinajstić information content (AvgIpc) is 2.88. The van der Waals surface area contributed by atoms with Crippen molar-refractivity contribution in [2.45, 2.75) is 12.5 Å². The summed E-state index contributed by atoms with van der Waals surface area (Å²) in [5, 5.41) is 9.89. The normalized spacial score (nSPS) is 19.7. The predicted molar refractivity (Wildman–Crippen MR) is 65.5 cm³/mol. The smallest absolute Gasteiger partial charge is 0.139 e. The number of hydrogen-bond acceptors (Lipinski definition) is 3. The Morgan fingerprint density at radius 3 is 3.33 bits per heavy atom. The standard InChI is InChI=1S/C10H10BrN3S/c11-7-6-13-14-8(3-4-12-10(7)14)9-2-1-5-15-9/h1-2,5-6,8,12H,3-4H2. The van der Waals surface area contributed by atoms with Crippen LogP contribution in [0.25, 0.3) is 0 Å². The van der Waals surface area contributed by atoms with Gasteiger partial charge in [0.2, 0.25) is 0 Å². The minimum atomic E-state index is 0.396. The van der Waals surface area contributed by atoms with Crippen molar-refractivity contribution in [3.63, 3.8) is 0 Å². The minimum absolute atomic E-state index is 0.396. The Labute approximate surface area is 100 Å². The Kier molecular flexibility index (Phi) is 2.29. The van der Waals surface area contributed by atoms with Crippen molar-refractivity contribution < 1.29 is 0 Å². The lowest BCUT2D eigenvalue weighted by Crippen LogP contribution is -2.23. The Morgan fingerprint density at radius 2 is 2.53 bits per heavy atom. The number of hydrogen-bond donors (Lipinski definition) is 1. The lowest BCUT2D eigenvalue weighted by atomic mass is 10.1. The predicted octanol–water partition coefficient (Wildman–Crippen LogP) is 3.11. The molecule has 1 N–H and O–H groups in total.